The summed E-state index contributed by atoms with van der Waals surface area (Å²) < 4.78 is 43.2. The minimum Gasteiger partial charge on any atom is -0.406 e. The third-order valence-electron chi connectivity index (χ3n) is 5.56. The number of alkyl halides is 3. The van der Waals surface area contributed by atoms with Crippen LogP contribution in [0.2, 0.25) is 0 Å². The smallest absolute Gasteiger partial charge is 0.406 e. The number of carbonyl (C=O) groups excluding carboxylic acids is 1. The van der Waals surface area contributed by atoms with Crippen LogP contribution in [0.5, 0.6) is 5.75 Å². The van der Waals surface area contributed by atoms with Gasteiger partial charge in [0.2, 0.25) is 0 Å². The Morgan fingerprint density at radius 3 is 2.46 bits per heavy atom. The molecule has 1 amide bonds. The molecule has 0 radical (unpaired) electrons. The van der Waals surface area contributed by atoms with Crippen LogP contribution >= 0.6 is 0 Å². The third kappa shape index (κ3) is 2.90. The molecule has 2 fully saturated rings. The van der Waals surface area contributed by atoms with Gasteiger partial charge in [-0.15, -0.1) is 13.2 Å². The molecule has 6 nitrogen and oxygen atoms in total. The molecule has 2 saturated heterocycles. The number of halogens is 3. The molecule has 1 aromatic heterocycles. The van der Waals surface area contributed by atoms with Crippen molar-refractivity contribution < 1.29 is 22.7 Å². The molecule has 2 bridgehead atoms. The van der Waals surface area contributed by atoms with Gasteiger partial charge >= 0.3 is 6.36 Å². The highest BCUT2D eigenvalue weighted by Gasteiger charge is 2.40. The zero-order valence-electron chi connectivity index (χ0n) is 14.2. The lowest BCUT2D eigenvalue weighted by atomic mass is 9.98. The van der Waals surface area contributed by atoms with Gasteiger partial charge in [0.25, 0.3) is 5.91 Å². The van der Waals surface area contributed by atoms with Crippen molar-refractivity contribution in [2.24, 2.45) is 5.73 Å². The van der Waals surface area contributed by atoms with Crippen molar-refractivity contribution in [1.29, 1.82) is 0 Å². The maximum absolute atomic E-state index is 12.5. The molecule has 0 aliphatic carbocycles. The monoisotopic (exact) mass is 368 g/mol. The molecule has 3 heterocycles. The number of aromatic nitrogens is 2. The van der Waals surface area contributed by atoms with Crippen LogP contribution in [0.3, 0.4) is 0 Å². The first-order chi connectivity index (χ1) is 12.2. The topological polar surface area (TPSA) is 73.4 Å². The number of ether oxygens (including phenoxy) is 1. The Hall–Kier alpha value is -2.29. The van der Waals surface area contributed by atoms with E-state index >= 15 is 0 Å². The van der Waals surface area contributed by atoms with Crippen molar-refractivity contribution in [1.82, 2.24) is 14.7 Å². The SMILES string of the molecule is CN1C2CCC1CC(n1nc(C(N)=O)c3cc(OC(F)(F)F)ccc31)C2. The molecule has 2 atom stereocenters. The fourth-order valence-corrected chi connectivity index (χ4v) is 4.36. The van der Waals surface area contributed by atoms with E-state index in [1.165, 1.54) is 18.2 Å². The summed E-state index contributed by atoms with van der Waals surface area (Å²) in [5.74, 6) is -1.16. The lowest BCUT2D eigenvalue weighted by Crippen LogP contribution is -2.40. The number of rotatable bonds is 3. The van der Waals surface area contributed by atoms with E-state index in [4.69, 9.17) is 5.73 Å². The van der Waals surface area contributed by atoms with Crippen molar-refractivity contribution in [3.05, 3.63) is 23.9 Å². The predicted octanol–water partition coefficient (Wildman–Crippen LogP) is 2.83. The molecule has 4 rings (SSSR count). The molecule has 2 unspecified atom stereocenters. The van der Waals surface area contributed by atoms with Gasteiger partial charge in [-0.25, -0.2) is 0 Å². The number of benzene rings is 1. The first kappa shape index (κ1) is 17.1. The summed E-state index contributed by atoms with van der Waals surface area (Å²) in [5.41, 5.74) is 5.97. The van der Waals surface area contributed by atoms with Gasteiger partial charge in [-0.1, -0.05) is 0 Å². The van der Waals surface area contributed by atoms with Gasteiger partial charge in [0.05, 0.1) is 11.6 Å². The first-order valence-corrected chi connectivity index (χ1v) is 8.52. The second-order valence-electron chi connectivity index (χ2n) is 7.06. The number of fused-ring (bicyclic) bond motifs is 3. The molecular formula is C17H19F3N4O2. The van der Waals surface area contributed by atoms with E-state index in [0.29, 0.717) is 17.6 Å². The maximum Gasteiger partial charge on any atom is 0.573 e. The average Bonchev–Trinajstić information content (AvgIpc) is 2.98. The minimum atomic E-state index is -4.80. The van der Waals surface area contributed by atoms with Crippen LogP contribution in [0.15, 0.2) is 18.2 Å². The van der Waals surface area contributed by atoms with Crippen molar-refractivity contribution in [2.45, 2.75) is 50.2 Å². The van der Waals surface area contributed by atoms with E-state index < -0.39 is 18.0 Å². The fourth-order valence-electron chi connectivity index (χ4n) is 4.36. The first-order valence-electron chi connectivity index (χ1n) is 8.52. The number of piperidine rings is 1. The van der Waals surface area contributed by atoms with Gasteiger partial charge in [-0.05, 0) is 50.9 Å². The lowest BCUT2D eigenvalue weighted by molar-refractivity contribution is -0.274. The van der Waals surface area contributed by atoms with E-state index in [-0.39, 0.29) is 17.1 Å². The van der Waals surface area contributed by atoms with Gasteiger partial charge in [0.15, 0.2) is 5.69 Å². The van der Waals surface area contributed by atoms with Gasteiger partial charge in [0, 0.05) is 17.5 Å². The minimum absolute atomic E-state index is 0.0288. The van der Waals surface area contributed by atoms with Crippen molar-refractivity contribution in [2.75, 3.05) is 7.05 Å². The largest absolute Gasteiger partial charge is 0.573 e. The molecule has 0 saturated carbocycles. The number of nitrogens with two attached hydrogens (primary N) is 1. The molecule has 2 aromatic rings. The second-order valence-corrected chi connectivity index (χ2v) is 7.06. The van der Waals surface area contributed by atoms with Gasteiger partial charge in [-0.3, -0.25) is 9.48 Å². The van der Waals surface area contributed by atoms with Crippen LogP contribution in [-0.4, -0.2) is 46.1 Å². The quantitative estimate of drug-likeness (QED) is 0.904. The number of hydrogen-bond donors (Lipinski definition) is 1. The highest BCUT2D eigenvalue weighted by molar-refractivity contribution is 6.04. The molecule has 2 aliphatic rings. The van der Waals surface area contributed by atoms with Crippen molar-refractivity contribution in [3.8, 4) is 5.75 Å². The van der Waals surface area contributed by atoms with E-state index in [2.05, 4.69) is 21.8 Å². The van der Waals surface area contributed by atoms with Crippen molar-refractivity contribution in [3.63, 3.8) is 0 Å². The lowest BCUT2D eigenvalue weighted by Gasteiger charge is -2.36. The van der Waals surface area contributed by atoms with E-state index in [9.17, 15) is 18.0 Å². The van der Waals surface area contributed by atoms with Crippen LogP contribution in [0.4, 0.5) is 13.2 Å². The molecule has 0 spiro atoms. The van der Waals surface area contributed by atoms with Gasteiger partial charge in [-0.2, -0.15) is 5.10 Å². The molecule has 9 heteroatoms. The Morgan fingerprint density at radius 2 is 1.88 bits per heavy atom. The van der Waals surface area contributed by atoms with E-state index in [0.717, 1.165) is 25.7 Å². The Morgan fingerprint density at radius 1 is 1.23 bits per heavy atom. The highest BCUT2D eigenvalue weighted by atomic mass is 19.4. The summed E-state index contributed by atoms with van der Waals surface area (Å²) in [6, 6.07) is 4.94. The summed E-state index contributed by atoms with van der Waals surface area (Å²) in [6.45, 7) is 0. The molecular weight excluding hydrogens is 349 g/mol. The van der Waals surface area contributed by atoms with Crippen LogP contribution < -0.4 is 10.5 Å². The Balaban J connectivity index is 1.75. The van der Waals surface area contributed by atoms with Gasteiger partial charge in [0.1, 0.15) is 5.75 Å². The Bertz CT molecular complexity index is 850. The third-order valence-corrected chi connectivity index (χ3v) is 5.56. The van der Waals surface area contributed by atoms with Gasteiger partial charge < -0.3 is 15.4 Å². The summed E-state index contributed by atoms with van der Waals surface area (Å²) in [6.07, 6.45) is -0.762. The summed E-state index contributed by atoms with van der Waals surface area (Å²) >= 11 is 0. The van der Waals surface area contributed by atoms with Crippen LogP contribution in [0.1, 0.15) is 42.2 Å². The number of nitrogens with zero attached hydrogens (tertiary/aromatic N) is 3. The van der Waals surface area contributed by atoms with Crippen molar-refractivity contribution >= 4 is 16.8 Å². The predicted molar refractivity (Wildman–Crippen MR) is 87.8 cm³/mol. The molecule has 2 aliphatic heterocycles. The molecule has 1 aromatic carbocycles. The summed E-state index contributed by atoms with van der Waals surface area (Å²) in [5, 5.41) is 4.64. The fraction of sp³-hybridized carbons (Fsp3) is 0.529. The second kappa shape index (κ2) is 5.87. The van der Waals surface area contributed by atoms with Crippen LogP contribution in [0.25, 0.3) is 10.9 Å². The molecule has 140 valence electrons. The number of primary amides is 1. The van der Waals surface area contributed by atoms with E-state index in [1.807, 2.05) is 0 Å². The zero-order chi connectivity index (χ0) is 18.6. The number of amides is 1. The Kier molecular flexibility index (Phi) is 3.87. The number of hydrogen-bond acceptors (Lipinski definition) is 4. The standard InChI is InChI=1S/C17H19F3N4O2/c1-23-9-2-3-10(23)7-11(6-9)24-14-5-4-12(26-17(18,19)20)8-13(14)15(22-24)16(21)25/h4-5,8-11H,2-3,6-7H2,1H3,(H2,21,25). The average molecular weight is 368 g/mol. The van der Waals surface area contributed by atoms with Crippen LogP contribution in [-0.2, 0) is 0 Å². The summed E-state index contributed by atoms with van der Waals surface area (Å²) in [4.78, 5) is 14.2. The summed E-state index contributed by atoms with van der Waals surface area (Å²) in [7, 11) is 2.12. The Labute approximate surface area is 147 Å². The number of carbonyl (C=O) groups is 1. The van der Waals surface area contributed by atoms with Crippen LogP contribution in [0, 0.1) is 0 Å². The van der Waals surface area contributed by atoms with E-state index in [1.54, 1.807) is 4.68 Å². The molecule has 26 heavy (non-hydrogen) atoms. The molecule has 2 N–H and O–H groups in total. The highest BCUT2D eigenvalue weighted by Crippen LogP contribution is 2.41. The zero-order valence-corrected chi connectivity index (χ0v) is 14.2. The maximum atomic E-state index is 12.5. The normalized spacial score (nSPS) is 26.4.